The second-order valence-electron chi connectivity index (χ2n) is 4.45. The van der Waals surface area contributed by atoms with Gasteiger partial charge in [0.2, 0.25) is 9.84 Å². The number of rotatable bonds is 4. The predicted molar refractivity (Wildman–Crippen MR) is 76.9 cm³/mol. The molecular weight excluding hydrogens is 377 g/mol. The van der Waals surface area contributed by atoms with Crippen LogP contribution in [0.1, 0.15) is 15.2 Å². The van der Waals surface area contributed by atoms with Gasteiger partial charge in [0.05, 0.1) is 10.5 Å². The molecule has 24 heavy (non-hydrogen) atoms. The van der Waals surface area contributed by atoms with E-state index in [0.29, 0.717) is 11.3 Å². The maximum atomic E-state index is 12.6. The number of carbonyl (C=O) groups is 1. The van der Waals surface area contributed by atoms with E-state index in [2.05, 4.69) is 5.32 Å². The van der Waals surface area contributed by atoms with Gasteiger partial charge in [0, 0.05) is 5.69 Å². The number of alkyl halides is 5. The van der Waals surface area contributed by atoms with Crippen molar-refractivity contribution in [3.63, 3.8) is 0 Å². The minimum atomic E-state index is -4.96. The molecule has 0 atom stereocenters. The summed E-state index contributed by atoms with van der Waals surface area (Å²) in [6, 6.07) is 4.25. The summed E-state index contributed by atoms with van der Waals surface area (Å²) in [5.74, 6) is -4.70. The topological polar surface area (TPSA) is 63.2 Å². The van der Waals surface area contributed by atoms with Crippen LogP contribution >= 0.6 is 11.3 Å². The number of nitrogens with one attached hydrogen (secondary N) is 1. The van der Waals surface area contributed by atoms with Gasteiger partial charge in [0.1, 0.15) is 4.88 Å². The predicted octanol–water partition coefficient (Wildman–Crippen LogP) is 4.02. The van der Waals surface area contributed by atoms with Crippen molar-refractivity contribution in [2.24, 2.45) is 0 Å². The minimum Gasteiger partial charge on any atom is -0.321 e. The summed E-state index contributed by atoms with van der Waals surface area (Å²) < 4.78 is 85.4. The first kappa shape index (κ1) is 18.3. The number of carbonyl (C=O) groups excluding carboxylic acids is 1. The third-order valence-corrected chi connectivity index (χ3v) is 5.31. The van der Waals surface area contributed by atoms with Gasteiger partial charge in [-0.25, -0.2) is 8.42 Å². The van der Waals surface area contributed by atoms with Gasteiger partial charge < -0.3 is 5.32 Å². The molecule has 0 fully saturated rings. The second kappa shape index (κ2) is 6.48. The van der Waals surface area contributed by atoms with E-state index in [4.69, 9.17) is 0 Å². The zero-order valence-corrected chi connectivity index (χ0v) is 13.1. The molecule has 1 amide bonds. The summed E-state index contributed by atoms with van der Waals surface area (Å²) in [7, 11) is -4.96. The van der Waals surface area contributed by atoms with Crippen LogP contribution in [0.15, 0.2) is 40.6 Å². The molecule has 0 saturated heterocycles. The van der Waals surface area contributed by atoms with E-state index in [1.165, 1.54) is 0 Å². The SMILES string of the molecule is O=C(Nc1ccc(C(F)(F)F)cc1)c1sccc1S(=O)(=O)C(F)F. The fourth-order valence-electron chi connectivity index (χ4n) is 1.71. The Hall–Kier alpha value is -2.01. The van der Waals surface area contributed by atoms with Crippen molar-refractivity contribution in [2.45, 2.75) is 16.8 Å². The highest BCUT2D eigenvalue weighted by Crippen LogP contribution is 2.31. The van der Waals surface area contributed by atoms with Crippen LogP contribution < -0.4 is 5.32 Å². The molecular formula is C13H8F5NO3S2. The van der Waals surface area contributed by atoms with E-state index in [0.717, 1.165) is 35.7 Å². The molecule has 2 rings (SSSR count). The Kier molecular flexibility index (Phi) is 4.95. The molecule has 1 aromatic carbocycles. The lowest BCUT2D eigenvalue weighted by Crippen LogP contribution is -2.17. The van der Waals surface area contributed by atoms with Crippen LogP contribution in [-0.2, 0) is 16.0 Å². The third-order valence-electron chi connectivity index (χ3n) is 2.85. The van der Waals surface area contributed by atoms with E-state index in [-0.39, 0.29) is 5.69 Å². The van der Waals surface area contributed by atoms with Crippen molar-refractivity contribution in [3.05, 3.63) is 46.2 Å². The molecule has 0 unspecified atom stereocenters. The Morgan fingerprint density at radius 1 is 1.08 bits per heavy atom. The van der Waals surface area contributed by atoms with Crippen molar-refractivity contribution in [2.75, 3.05) is 5.32 Å². The molecule has 0 aliphatic rings. The molecule has 0 aliphatic carbocycles. The van der Waals surface area contributed by atoms with Gasteiger partial charge in [0.15, 0.2) is 0 Å². The van der Waals surface area contributed by atoms with Crippen LogP contribution in [-0.4, -0.2) is 20.1 Å². The molecule has 0 bridgehead atoms. The number of thiophene rings is 1. The van der Waals surface area contributed by atoms with Crippen molar-refractivity contribution < 1.29 is 35.2 Å². The number of halogens is 5. The van der Waals surface area contributed by atoms with E-state index >= 15 is 0 Å². The molecule has 0 aliphatic heterocycles. The van der Waals surface area contributed by atoms with E-state index < -0.39 is 43.0 Å². The van der Waals surface area contributed by atoms with Crippen LogP contribution in [0.25, 0.3) is 0 Å². The molecule has 2 aromatic rings. The maximum absolute atomic E-state index is 12.6. The van der Waals surface area contributed by atoms with Gasteiger partial charge >= 0.3 is 11.9 Å². The zero-order valence-electron chi connectivity index (χ0n) is 11.5. The normalized spacial score (nSPS) is 12.4. The van der Waals surface area contributed by atoms with Gasteiger partial charge in [-0.05, 0) is 35.7 Å². The number of amides is 1. The van der Waals surface area contributed by atoms with Crippen molar-refractivity contribution in [1.82, 2.24) is 0 Å². The summed E-state index contributed by atoms with van der Waals surface area (Å²) in [5, 5.41) is 3.32. The van der Waals surface area contributed by atoms with Crippen molar-refractivity contribution >= 4 is 32.8 Å². The highest BCUT2D eigenvalue weighted by molar-refractivity contribution is 7.92. The molecule has 0 radical (unpaired) electrons. The first-order valence-electron chi connectivity index (χ1n) is 6.11. The van der Waals surface area contributed by atoms with Gasteiger partial charge in [-0.3, -0.25) is 4.79 Å². The van der Waals surface area contributed by atoms with Gasteiger partial charge in [-0.2, -0.15) is 22.0 Å². The molecule has 130 valence electrons. The molecule has 1 N–H and O–H groups in total. The van der Waals surface area contributed by atoms with Crippen LogP contribution in [0, 0.1) is 0 Å². The van der Waals surface area contributed by atoms with E-state index in [1.54, 1.807) is 0 Å². The lowest BCUT2D eigenvalue weighted by Gasteiger charge is -2.09. The van der Waals surface area contributed by atoms with Gasteiger partial charge in [-0.1, -0.05) is 0 Å². The standard InChI is InChI=1S/C13H8F5NO3S2/c14-12(15)24(21,22)9-5-6-23-10(9)11(20)19-8-3-1-7(2-4-8)13(16,17)18/h1-6,12H,(H,19,20). The van der Waals surface area contributed by atoms with Crippen molar-refractivity contribution in [1.29, 1.82) is 0 Å². The molecule has 11 heteroatoms. The fraction of sp³-hybridized carbons (Fsp3) is 0.154. The molecule has 1 aromatic heterocycles. The summed E-state index contributed by atoms with van der Waals surface area (Å²) in [5.41, 5.74) is -0.973. The Balaban J connectivity index is 2.25. The number of anilines is 1. The van der Waals surface area contributed by atoms with E-state index in [9.17, 15) is 35.2 Å². The Labute approximate surface area is 136 Å². The molecule has 0 saturated carbocycles. The summed E-state index contributed by atoms with van der Waals surface area (Å²) in [6.07, 6.45) is -4.55. The molecule has 0 spiro atoms. The zero-order chi connectivity index (χ0) is 18.1. The van der Waals surface area contributed by atoms with Crippen LogP contribution in [0.2, 0.25) is 0 Å². The van der Waals surface area contributed by atoms with Gasteiger partial charge in [-0.15, -0.1) is 11.3 Å². The Morgan fingerprint density at radius 3 is 2.17 bits per heavy atom. The largest absolute Gasteiger partial charge is 0.416 e. The molecule has 4 nitrogen and oxygen atoms in total. The smallest absolute Gasteiger partial charge is 0.321 e. The van der Waals surface area contributed by atoms with Crippen LogP contribution in [0.4, 0.5) is 27.6 Å². The third kappa shape index (κ3) is 3.73. The fourth-order valence-corrected chi connectivity index (χ4v) is 3.78. The number of benzene rings is 1. The van der Waals surface area contributed by atoms with Gasteiger partial charge in [0.25, 0.3) is 5.91 Å². The highest BCUT2D eigenvalue weighted by atomic mass is 32.2. The molecule has 1 heterocycles. The summed E-state index contributed by atoms with van der Waals surface area (Å²) in [4.78, 5) is 10.7. The van der Waals surface area contributed by atoms with E-state index in [1.807, 2.05) is 0 Å². The van der Waals surface area contributed by atoms with Crippen molar-refractivity contribution in [3.8, 4) is 0 Å². The first-order chi connectivity index (χ1) is 11.0. The average Bonchev–Trinajstić information content (AvgIpc) is 2.97. The van der Waals surface area contributed by atoms with Crippen LogP contribution in [0.3, 0.4) is 0 Å². The quantitative estimate of drug-likeness (QED) is 0.809. The number of hydrogen-bond donors (Lipinski definition) is 1. The highest BCUT2D eigenvalue weighted by Gasteiger charge is 2.32. The monoisotopic (exact) mass is 385 g/mol. The number of sulfone groups is 1. The second-order valence-corrected chi connectivity index (χ2v) is 7.25. The Bertz CT molecular complexity index is 841. The summed E-state index contributed by atoms with van der Waals surface area (Å²) in [6.45, 7) is 0. The minimum absolute atomic E-state index is 0.0400. The van der Waals surface area contributed by atoms with Crippen LogP contribution in [0.5, 0.6) is 0 Å². The lowest BCUT2D eigenvalue weighted by molar-refractivity contribution is -0.137. The summed E-state index contributed by atoms with van der Waals surface area (Å²) >= 11 is 0.624. The maximum Gasteiger partial charge on any atom is 0.416 e. The lowest BCUT2D eigenvalue weighted by atomic mass is 10.2. The Morgan fingerprint density at radius 2 is 1.67 bits per heavy atom. The first-order valence-corrected chi connectivity index (χ1v) is 8.54. The average molecular weight is 385 g/mol. The number of hydrogen-bond acceptors (Lipinski definition) is 4.